The molecule has 5 nitrogen and oxygen atoms in total. The average molecular weight is 319 g/mol. The number of thiocarbonyl (C=S) groups is 1. The quantitative estimate of drug-likeness (QED) is 0.539. The summed E-state index contributed by atoms with van der Waals surface area (Å²) in [4.78, 5) is 0. The standard InChI is InChI=1S/C13H23ClN4OS/c1-3-19-9-5-7-16-13(20)15-6-4-8-18-10-12(14)11(2)17-18/h10H,3-9H2,1-2H3,(H2,15,16,20). The fraction of sp³-hybridized carbons (Fsp3) is 0.692. The topological polar surface area (TPSA) is 51.1 Å². The van der Waals surface area contributed by atoms with Crippen LogP contribution in [0.5, 0.6) is 0 Å². The average Bonchev–Trinajstić information content (AvgIpc) is 2.74. The van der Waals surface area contributed by atoms with Crippen LogP contribution in [0.2, 0.25) is 5.02 Å². The van der Waals surface area contributed by atoms with Crippen molar-refractivity contribution in [3.63, 3.8) is 0 Å². The first-order chi connectivity index (χ1) is 9.63. The third-order valence-corrected chi connectivity index (χ3v) is 3.35. The van der Waals surface area contributed by atoms with E-state index in [1.165, 1.54) is 0 Å². The molecular weight excluding hydrogens is 296 g/mol. The van der Waals surface area contributed by atoms with Gasteiger partial charge in [-0.1, -0.05) is 11.6 Å². The van der Waals surface area contributed by atoms with E-state index in [-0.39, 0.29) is 0 Å². The van der Waals surface area contributed by atoms with Gasteiger partial charge in [0, 0.05) is 39.0 Å². The van der Waals surface area contributed by atoms with E-state index in [0.29, 0.717) is 10.1 Å². The highest BCUT2D eigenvalue weighted by atomic mass is 35.5. The molecule has 0 aliphatic carbocycles. The summed E-state index contributed by atoms with van der Waals surface area (Å²) in [6, 6.07) is 0. The molecule has 0 spiro atoms. The lowest BCUT2D eigenvalue weighted by atomic mass is 10.4. The first-order valence-electron chi connectivity index (χ1n) is 6.92. The van der Waals surface area contributed by atoms with Crippen LogP contribution in [0.25, 0.3) is 0 Å². The lowest BCUT2D eigenvalue weighted by molar-refractivity contribution is 0.145. The van der Waals surface area contributed by atoms with E-state index in [0.717, 1.165) is 51.4 Å². The van der Waals surface area contributed by atoms with Gasteiger partial charge in [0.05, 0.1) is 10.7 Å². The van der Waals surface area contributed by atoms with E-state index in [2.05, 4.69) is 15.7 Å². The molecule has 0 aliphatic heterocycles. The van der Waals surface area contributed by atoms with Crippen molar-refractivity contribution in [2.24, 2.45) is 0 Å². The van der Waals surface area contributed by atoms with Crippen molar-refractivity contribution in [3.05, 3.63) is 16.9 Å². The fourth-order valence-corrected chi connectivity index (χ4v) is 1.99. The second kappa shape index (κ2) is 9.96. The van der Waals surface area contributed by atoms with E-state index in [1.54, 1.807) is 0 Å². The van der Waals surface area contributed by atoms with Crippen molar-refractivity contribution in [1.82, 2.24) is 20.4 Å². The van der Waals surface area contributed by atoms with Crippen molar-refractivity contribution in [2.45, 2.75) is 33.2 Å². The van der Waals surface area contributed by atoms with Crippen LogP contribution < -0.4 is 10.6 Å². The molecule has 0 amide bonds. The summed E-state index contributed by atoms with van der Waals surface area (Å²) < 4.78 is 7.11. The molecule has 1 aromatic rings. The van der Waals surface area contributed by atoms with Gasteiger partial charge in [0.2, 0.25) is 0 Å². The lowest BCUT2D eigenvalue weighted by Gasteiger charge is -2.10. The van der Waals surface area contributed by atoms with Crippen molar-refractivity contribution < 1.29 is 4.74 Å². The zero-order valence-corrected chi connectivity index (χ0v) is 13.7. The number of nitrogens with zero attached hydrogens (tertiary/aromatic N) is 2. The Morgan fingerprint density at radius 3 is 2.70 bits per heavy atom. The number of ether oxygens (including phenoxy) is 1. The minimum Gasteiger partial charge on any atom is -0.382 e. The molecule has 0 aliphatic rings. The molecule has 7 heteroatoms. The van der Waals surface area contributed by atoms with Crippen molar-refractivity contribution in [1.29, 1.82) is 0 Å². The number of rotatable bonds is 9. The monoisotopic (exact) mass is 318 g/mol. The highest BCUT2D eigenvalue weighted by molar-refractivity contribution is 7.80. The van der Waals surface area contributed by atoms with E-state index in [4.69, 9.17) is 28.6 Å². The smallest absolute Gasteiger partial charge is 0.166 e. The van der Waals surface area contributed by atoms with Crippen molar-refractivity contribution >= 4 is 28.9 Å². The van der Waals surface area contributed by atoms with Crippen LogP contribution in [0.15, 0.2) is 6.20 Å². The third-order valence-electron chi connectivity index (χ3n) is 2.69. The summed E-state index contributed by atoms with van der Waals surface area (Å²) in [5, 5.41) is 12.0. The van der Waals surface area contributed by atoms with E-state index < -0.39 is 0 Å². The van der Waals surface area contributed by atoms with Crippen LogP contribution in [0.3, 0.4) is 0 Å². The largest absolute Gasteiger partial charge is 0.382 e. The van der Waals surface area contributed by atoms with E-state index in [9.17, 15) is 0 Å². The maximum absolute atomic E-state index is 5.95. The third kappa shape index (κ3) is 7.07. The zero-order chi connectivity index (χ0) is 14.8. The molecule has 114 valence electrons. The summed E-state index contributed by atoms with van der Waals surface area (Å²) in [6.07, 6.45) is 3.75. The molecule has 1 rings (SSSR count). The van der Waals surface area contributed by atoms with Gasteiger partial charge in [0.15, 0.2) is 5.11 Å². The minimum atomic E-state index is 0.691. The highest BCUT2D eigenvalue weighted by Crippen LogP contribution is 2.11. The van der Waals surface area contributed by atoms with Gasteiger partial charge in [0.25, 0.3) is 0 Å². The van der Waals surface area contributed by atoms with Crippen LogP contribution in [-0.2, 0) is 11.3 Å². The van der Waals surface area contributed by atoms with Crippen LogP contribution >= 0.6 is 23.8 Å². The van der Waals surface area contributed by atoms with Crippen LogP contribution in [-0.4, -0.2) is 41.2 Å². The summed E-state index contributed by atoms with van der Waals surface area (Å²) in [5.74, 6) is 0. The van der Waals surface area contributed by atoms with Crippen LogP contribution in [0, 0.1) is 6.92 Å². The molecule has 0 atom stereocenters. The Morgan fingerprint density at radius 2 is 2.10 bits per heavy atom. The number of hydrogen-bond acceptors (Lipinski definition) is 3. The molecule has 0 unspecified atom stereocenters. The fourth-order valence-electron chi connectivity index (χ4n) is 1.63. The Bertz CT molecular complexity index is 392. The van der Waals surface area contributed by atoms with Gasteiger partial charge in [-0.3, -0.25) is 4.68 Å². The van der Waals surface area contributed by atoms with E-state index >= 15 is 0 Å². The molecular formula is C13H23ClN4OS. The molecule has 0 saturated carbocycles. The Morgan fingerprint density at radius 1 is 1.40 bits per heavy atom. The first kappa shape index (κ1) is 17.2. The number of halogens is 1. The Kier molecular flexibility index (Phi) is 8.57. The molecule has 1 aromatic heterocycles. The summed E-state index contributed by atoms with van der Waals surface area (Å²) in [6.45, 7) is 7.90. The number of aryl methyl sites for hydroxylation is 2. The zero-order valence-electron chi connectivity index (χ0n) is 12.1. The van der Waals surface area contributed by atoms with Gasteiger partial charge in [-0.05, 0) is 38.9 Å². The SMILES string of the molecule is CCOCCCNC(=S)NCCCn1cc(Cl)c(C)n1. The Hall–Kier alpha value is -0.850. The highest BCUT2D eigenvalue weighted by Gasteiger charge is 2.01. The lowest BCUT2D eigenvalue weighted by Crippen LogP contribution is -2.36. The van der Waals surface area contributed by atoms with Crippen molar-refractivity contribution in [2.75, 3.05) is 26.3 Å². The number of aromatic nitrogens is 2. The Balaban J connectivity index is 2.01. The summed E-state index contributed by atoms with van der Waals surface area (Å²) >= 11 is 11.1. The molecule has 0 bridgehead atoms. The molecule has 20 heavy (non-hydrogen) atoms. The second-order valence-corrected chi connectivity index (χ2v) is 5.23. The molecule has 0 radical (unpaired) electrons. The normalized spacial score (nSPS) is 10.6. The van der Waals surface area contributed by atoms with Gasteiger partial charge >= 0.3 is 0 Å². The minimum absolute atomic E-state index is 0.691. The van der Waals surface area contributed by atoms with Crippen molar-refractivity contribution in [3.8, 4) is 0 Å². The molecule has 0 saturated heterocycles. The second-order valence-electron chi connectivity index (χ2n) is 4.41. The van der Waals surface area contributed by atoms with Gasteiger partial charge in [-0.2, -0.15) is 5.10 Å². The summed E-state index contributed by atoms with van der Waals surface area (Å²) in [7, 11) is 0. The van der Waals surface area contributed by atoms with Gasteiger partial charge < -0.3 is 15.4 Å². The maximum atomic E-state index is 5.95. The van der Waals surface area contributed by atoms with Gasteiger partial charge in [-0.15, -0.1) is 0 Å². The van der Waals surface area contributed by atoms with Gasteiger partial charge in [0.1, 0.15) is 0 Å². The Labute approximate surface area is 131 Å². The number of hydrogen-bond donors (Lipinski definition) is 2. The molecule has 1 heterocycles. The molecule has 0 aromatic carbocycles. The molecule has 0 fully saturated rings. The van der Waals surface area contributed by atoms with Gasteiger partial charge in [-0.25, -0.2) is 0 Å². The first-order valence-corrected chi connectivity index (χ1v) is 7.71. The van der Waals surface area contributed by atoms with Crippen LogP contribution in [0.1, 0.15) is 25.5 Å². The maximum Gasteiger partial charge on any atom is 0.166 e. The predicted molar refractivity (Wildman–Crippen MR) is 86.3 cm³/mol. The summed E-state index contributed by atoms with van der Waals surface area (Å²) in [5.41, 5.74) is 0.867. The predicted octanol–water partition coefficient (Wildman–Crippen LogP) is 2.13. The van der Waals surface area contributed by atoms with E-state index in [1.807, 2.05) is 24.7 Å². The number of nitrogens with one attached hydrogen (secondary N) is 2. The molecule has 2 N–H and O–H groups in total. The van der Waals surface area contributed by atoms with Crippen LogP contribution in [0.4, 0.5) is 0 Å².